The summed E-state index contributed by atoms with van der Waals surface area (Å²) in [7, 11) is -0.914. The van der Waals surface area contributed by atoms with Crippen LogP contribution in [-0.2, 0) is 0 Å². The Morgan fingerprint density at radius 2 is 1.73 bits per heavy atom. The van der Waals surface area contributed by atoms with Crippen LogP contribution in [0.2, 0.25) is 19.6 Å². The molecular formula is C8H20OSSi. The maximum Gasteiger partial charge on any atom is 0.0627 e. The molecule has 0 aliphatic rings. The normalized spacial score (nSPS) is 18.0. The van der Waals surface area contributed by atoms with Gasteiger partial charge in [-0.2, -0.15) is 11.8 Å². The fraction of sp³-hybridized carbons (Fsp3) is 1.00. The summed E-state index contributed by atoms with van der Waals surface area (Å²) in [4.78, 5) is 0. The second kappa shape index (κ2) is 4.53. The van der Waals surface area contributed by atoms with Crippen molar-refractivity contribution >= 4 is 19.8 Å². The van der Waals surface area contributed by atoms with Crippen molar-refractivity contribution < 1.29 is 5.11 Å². The molecule has 0 aromatic carbocycles. The van der Waals surface area contributed by atoms with Gasteiger partial charge in [-0.1, -0.05) is 26.6 Å². The van der Waals surface area contributed by atoms with E-state index in [2.05, 4.69) is 26.6 Å². The van der Waals surface area contributed by atoms with Gasteiger partial charge in [0.15, 0.2) is 0 Å². The van der Waals surface area contributed by atoms with Gasteiger partial charge in [0.05, 0.1) is 14.2 Å². The van der Waals surface area contributed by atoms with Gasteiger partial charge >= 0.3 is 0 Å². The average Bonchev–Trinajstić information content (AvgIpc) is 1.80. The van der Waals surface area contributed by atoms with Gasteiger partial charge in [-0.15, -0.1) is 0 Å². The minimum Gasteiger partial charge on any atom is -0.392 e. The zero-order chi connectivity index (χ0) is 9.07. The predicted octanol–water partition coefficient (Wildman–Crippen LogP) is 2.37. The van der Waals surface area contributed by atoms with Gasteiger partial charge in [-0.3, -0.25) is 0 Å². The first-order valence-electron chi connectivity index (χ1n) is 4.12. The van der Waals surface area contributed by atoms with Crippen LogP contribution >= 0.6 is 11.8 Å². The van der Waals surface area contributed by atoms with E-state index in [1.165, 1.54) is 5.38 Å². The van der Waals surface area contributed by atoms with Gasteiger partial charge in [0.1, 0.15) is 0 Å². The highest BCUT2D eigenvalue weighted by atomic mass is 32.2. The molecule has 3 heteroatoms. The largest absolute Gasteiger partial charge is 0.392 e. The molecule has 0 saturated carbocycles. The second-order valence-electron chi connectivity index (χ2n) is 4.32. The summed E-state index contributed by atoms with van der Waals surface area (Å²) in [5, 5.41) is 10.9. The molecule has 2 unspecified atom stereocenters. The van der Waals surface area contributed by atoms with Crippen LogP contribution in [0.1, 0.15) is 13.8 Å². The molecule has 2 atom stereocenters. The Labute approximate surface area is 75.6 Å². The van der Waals surface area contributed by atoms with E-state index in [9.17, 15) is 5.11 Å². The summed E-state index contributed by atoms with van der Waals surface area (Å²) in [6, 6.07) is 0. The van der Waals surface area contributed by atoms with Crippen molar-refractivity contribution in [2.24, 2.45) is 0 Å². The van der Waals surface area contributed by atoms with Gasteiger partial charge in [-0.25, -0.2) is 0 Å². The number of rotatable bonds is 4. The molecule has 0 bridgehead atoms. The summed E-state index contributed by atoms with van der Waals surface area (Å²) < 4.78 is 0. The summed E-state index contributed by atoms with van der Waals surface area (Å²) in [5.74, 6) is 0. The van der Waals surface area contributed by atoms with E-state index < -0.39 is 8.07 Å². The van der Waals surface area contributed by atoms with E-state index in [-0.39, 0.29) is 6.10 Å². The molecule has 0 aliphatic heterocycles. The molecule has 0 fully saturated rings. The molecule has 0 aromatic heterocycles. The minimum atomic E-state index is -0.914. The maximum absolute atomic E-state index is 9.21. The van der Waals surface area contributed by atoms with Crippen LogP contribution < -0.4 is 0 Å². The van der Waals surface area contributed by atoms with E-state index in [0.29, 0.717) is 5.25 Å². The third-order valence-corrected chi connectivity index (χ3v) is 6.51. The monoisotopic (exact) mass is 192 g/mol. The van der Waals surface area contributed by atoms with Crippen molar-refractivity contribution in [1.82, 2.24) is 0 Å². The number of thioether (sulfide) groups is 1. The Kier molecular flexibility index (Phi) is 4.74. The summed E-state index contributed by atoms with van der Waals surface area (Å²) in [6.45, 7) is 11.0. The first-order valence-corrected chi connectivity index (χ1v) is 8.88. The zero-order valence-electron chi connectivity index (χ0n) is 8.22. The predicted molar refractivity (Wildman–Crippen MR) is 56.9 cm³/mol. The van der Waals surface area contributed by atoms with Crippen molar-refractivity contribution in [3.05, 3.63) is 0 Å². The standard InChI is InChI=1S/C8H20OSSi/c1-7(9)8(2)10-6-11(3,4)5/h7-9H,6H2,1-5H3. The average molecular weight is 192 g/mol. The minimum absolute atomic E-state index is 0.170. The third-order valence-electron chi connectivity index (χ3n) is 1.46. The smallest absolute Gasteiger partial charge is 0.0627 e. The van der Waals surface area contributed by atoms with Gasteiger partial charge < -0.3 is 5.11 Å². The molecule has 0 spiro atoms. The van der Waals surface area contributed by atoms with Crippen molar-refractivity contribution in [3.63, 3.8) is 0 Å². The fourth-order valence-electron chi connectivity index (χ4n) is 0.521. The molecule has 1 nitrogen and oxygen atoms in total. The summed E-state index contributed by atoms with van der Waals surface area (Å²) >= 11 is 1.90. The molecule has 0 heterocycles. The first-order chi connectivity index (χ1) is 4.83. The number of hydrogen-bond acceptors (Lipinski definition) is 2. The molecule has 0 aromatic rings. The van der Waals surface area contributed by atoms with Crippen molar-refractivity contribution in [2.45, 2.75) is 44.8 Å². The fourth-order valence-corrected chi connectivity index (χ4v) is 3.85. The maximum atomic E-state index is 9.21. The highest BCUT2D eigenvalue weighted by Gasteiger charge is 2.16. The molecule has 0 radical (unpaired) electrons. The van der Waals surface area contributed by atoms with Gasteiger partial charge in [-0.05, 0) is 12.3 Å². The van der Waals surface area contributed by atoms with E-state index >= 15 is 0 Å². The van der Waals surface area contributed by atoms with Crippen LogP contribution in [-0.4, -0.2) is 29.9 Å². The van der Waals surface area contributed by atoms with Gasteiger partial charge in [0.25, 0.3) is 0 Å². The van der Waals surface area contributed by atoms with Crippen LogP contribution in [0.5, 0.6) is 0 Å². The quantitative estimate of drug-likeness (QED) is 0.690. The Balaban J connectivity index is 3.54. The summed E-state index contributed by atoms with van der Waals surface area (Å²) in [6.07, 6.45) is -0.170. The molecular weight excluding hydrogens is 172 g/mol. The van der Waals surface area contributed by atoms with Crippen LogP contribution in [0.15, 0.2) is 0 Å². The Bertz CT molecular complexity index is 109. The van der Waals surface area contributed by atoms with Crippen LogP contribution in [0.25, 0.3) is 0 Å². The van der Waals surface area contributed by atoms with Crippen LogP contribution in [0.3, 0.4) is 0 Å². The molecule has 0 saturated heterocycles. The lowest BCUT2D eigenvalue weighted by Crippen LogP contribution is -2.27. The zero-order valence-corrected chi connectivity index (χ0v) is 10.0. The van der Waals surface area contributed by atoms with E-state index in [1.807, 2.05) is 18.7 Å². The van der Waals surface area contributed by atoms with Crippen molar-refractivity contribution in [3.8, 4) is 0 Å². The van der Waals surface area contributed by atoms with Crippen LogP contribution in [0.4, 0.5) is 0 Å². The van der Waals surface area contributed by atoms with Crippen molar-refractivity contribution in [1.29, 1.82) is 0 Å². The number of aliphatic hydroxyl groups is 1. The number of hydrogen-bond donors (Lipinski definition) is 1. The molecule has 68 valence electrons. The Morgan fingerprint density at radius 3 is 2.00 bits per heavy atom. The lowest BCUT2D eigenvalue weighted by atomic mass is 10.3. The van der Waals surface area contributed by atoms with E-state index in [4.69, 9.17) is 0 Å². The number of aliphatic hydroxyl groups excluding tert-OH is 1. The van der Waals surface area contributed by atoms with Gasteiger partial charge in [0, 0.05) is 5.25 Å². The Hall–Kier alpha value is 0.527. The highest BCUT2D eigenvalue weighted by Crippen LogP contribution is 2.18. The third kappa shape index (κ3) is 6.91. The van der Waals surface area contributed by atoms with Gasteiger partial charge in [0.2, 0.25) is 0 Å². The first kappa shape index (κ1) is 11.5. The molecule has 11 heavy (non-hydrogen) atoms. The van der Waals surface area contributed by atoms with Crippen molar-refractivity contribution in [2.75, 3.05) is 5.38 Å². The molecule has 0 aliphatic carbocycles. The SMILES string of the molecule is CC(O)C(C)SC[Si](C)(C)C. The lowest BCUT2D eigenvalue weighted by Gasteiger charge is -2.20. The highest BCUT2D eigenvalue weighted by molar-refractivity contribution is 8.01. The molecule has 1 N–H and O–H groups in total. The summed E-state index contributed by atoms with van der Waals surface area (Å²) in [5.41, 5.74) is 0. The Morgan fingerprint density at radius 1 is 1.27 bits per heavy atom. The molecule has 0 amide bonds. The topological polar surface area (TPSA) is 20.2 Å². The molecule has 0 rings (SSSR count). The van der Waals surface area contributed by atoms with Crippen LogP contribution in [0, 0.1) is 0 Å². The second-order valence-corrected chi connectivity index (χ2v) is 11.7. The lowest BCUT2D eigenvalue weighted by molar-refractivity contribution is 0.196. The van der Waals surface area contributed by atoms with E-state index in [0.717, 1.165) is 0 Å². The van der Waals surface area contributed by atoms with E-state index in [1.54, 1.807) is 0 Å².